The minimum absolute atomic E-state index is 0.103. The average molecular weight is 240 g/mol. The van der Waals surface area contributed by atoms with Gasteiger partial charge in [-0.2, -0.15) is 5.10 Å². The van der Waals surface area contributed by atoms with Crippen molar-refractivity contribution in [3.05, 3.63) is 15.8 Å². The Hall–Kier alpha value is -1.63. The SMILES string of the molecule is CCc1nn(C)c(N2CC(CO)C2)c1[N+](=O)[O-]. The van der Waals surface area contributed by atoms with E-state index >= 15 is 0 Å². The van der Waals surface area contributed by atoms with Crippen molar-refractivity contribution in [2.24, 2.45) is 13.0 Å². The lowest BCUT2D eigenvalue weighted by Gasteiger charge is -2.38. The normalized spacial score (nSPS) is 16.1. The molecule has 0 saturated carbocycles. The van der Waals surface area contributed by atoms with Gasteiger partial charge in [-0.15, -0.1) is 0 Å². The average Bonchev–Trinajstić information content (AvgIpc) is 2.54. The van der Waals surface area contributed by atoms with Gasteiger partial charge in [0.15, 0.2) is 0 Å². The monoisotopic (exact) mass is 240 g/mol. The predicted octanol–water partition coefficient (Wildman–Crippen LogP) is 0.319. The Bertz CT molecular complexity index is 437. The van der Waals surface area contributed by atoms with Gasteiger partial charge in [0, 0.05) is 32.7 Å². The third-order valence-corrected chi connectivity index (χ3v) is 3.09. The van der Waals surface area contributed by atoms with Gasteiger partial charge in [0.25, 0.3) is 0 Å². The molecule has 94 valence electrons. The van der Waals surface area contributed by atoms with Gasteiger partial charge in [-0.05, 0) is 6.42 Å². The quantitative estimate of drug-likeness (QED) is 0.605. The number of hydrogen-bond donors (Lipinski definition) is 1. The summed E-state index contributed by atoms with van der Waals surface area (Å²) in [4.78, 5) is 12.6. The first-order valence-corrected chi connectivity index (χ1v) is 5.64. The highest BCUT2D eigenvalue weighted by Gasteiger charge is 2.36. The summed E-state index contributed by atoms with van der Waals surface area (Å²) in [5.74, 6) is 0.770. The van der Waals surface area contributed by atoms with Gasteiger partial charge < -0.3 is 10.0 Å². The van der Waals surface area contributed by atoms with Crippen LogP contribution < -0.4 is 4.90 Å². The van der Waals surface area contributed by atoms with Crippen LogP contribution >= 0.6 is 0 Å². The molecule has 0 bridgehead atoms. The van der Waals surface area contributed by atoms with Crippen molar-refractivity contribution >= 4 is 11.5 Å². The Morgan fingerprint density at radius 1 is 1.59 bits per heavy atom. The lowest BCUT2D eigenvalue weighted by Crippen LogP contribution is -2.49. The number of anilines is 1. The molecule has 0 aromatic carbocycles. The Labute approximate surface area is 98.8 Å². The molecule has 1 aliphatic rings. The van der Waals surface area contributed by atoms with E-state index < -0.39 is 0 Å². The Kier molecular flexibility index (Phi) is 3.01. The Morgan fingerprint density at radius 3 is 2.71 bits per heavy atom. The molecule has 1 aromatic heterocycles. The second kappa shape index (κ2) is 4.33. The maximum absolute atomic E-state index is 11.1. The van der Waals surface area contributed by atoms with Crippen LogP contribution in [0.2, 0.25) is 0 Å². The topological polar surface area (TPSA) is 84.4 Å². The summed E-state index contributed by atoms with van der Waals surface area (Å²) in [5, 5.41) is 24.2. The predicted molar refractivity (Wildman–Crippen MR) is 62.0 cm³/mol. The van der Waals surface area contributed by atoms with Crippen LogP contribution in [0.25, 0.3) is 0 Å². The number of aromatic nitrogens is 2. The largest absolute Gasteiger partial charge is 0.396 e. The summed E-state index contributed by atoms with van der Waals surface area (Å²) in [5.41, 5.74) is 0.617. The molecular formula is C10H16N4O3. The van der Waals surface area contributed by atoms with Gasteiger partial charge in [0.2, 0.25) is 5.82 Å². The maximum Gasteiger partial charge on any atom is 0.334 e. The van der Waals surface area contributed by atoms with Crippen LogP contribution in [0.5, 0.6) is 0 Å². The van der Waals surface area contributed by atoms with Gasteiger partial charge in [-0.25, -0.2) is 4.68 Å². The van der Waals surface area contributed by atoms with E-state index in [1.54, 1.807) is 11.7 Å². The van der Waals surface area contributed by atoms with Crippen LogP contribution in [0.1, 0.15) is 12.6 Å². The molecule has 0 unspecified atom stereocenters. The Morgan fingerprint density at radius 2 is 2.24 bits per heavy atom. The van der Waals surface area contributed by atoms with Crippen molar-refractivity contribution in [1.29, 1.82) is 0 Å². The van der Waals surface area contributed by atoms with Crippen LogP contribution in [0.4, 0.5) is 11.5 Å². The van der Waals surface area contributed by atoms with Crippen LogP contribution in [-0.4, -0.2) is 39.5 Å². The van der Waals surface area contributed by atoms with E-state index in [4.69, 9.17) is 5.11 Å². The summed E-state index contributed by atoms with van der Waals surface area (Å²) in [6.45, 7) is 3.29. The van der Waals surface area contributed by atoms with E-state index in [-0.39, 0.29) is 23.1 Å². The van der Waals surface area contributed by atoms with E-state index in [1.165, 1.54) is 0 Å². The number of aliphatic hydroxyl groups excluding tert-OH is 1. The van der Waals surface area contributed by atoms with Gasteiger partial charge >= 0.3 is 5.69 Å². The molecule has 2 rings (SSSR count). The first-order valence-electron chi connectivity index (χ1n) is 5.64. The summed E-state index contributed by atoms with van der Waals surface area (Å²) >= 11 is 0. The summed E-state index contributed by atoms with van der Waals surface area (Å²) in [6.07, 6.45) is 0.543. The molecule has 0 amide bonds. The molecule has 1 N–H and O–H groups in total. The van der Waals surface area contributed by atoms with Crippen LogP contribution in [0.15, 0.2) is 0 Å². The number of aliphatic hydroxyl groups is 1. The highest BCUT2D eigenvalue weighted by atomic mass is 16.6. The zero-order valence-electron chi connectivity index (χ0n) is 9.96. The van der Waals surface area contributed by atoms with E-state index in [2.05, 4.69) is 5.10 Å². The second-order valence-electron chi connectivity index (χ2n) is 4.31. The van der Waals surface area contributed by atoms with Crippen molar-refractivity contribution in [2.45, 2.75) is 13.3 Å². The van der Waals surface area contributed by atoms with Gasteiger partial charge in [0.05, 0.1) is 4.92 Å². The molecule has 1 fully saturated rings. The van der Waals surface area contributed by atoms with Crippen molar-refractivity contribution in [3.63, 3.8) is 0 Å². The van der Waals surface area contributed by atoms with Crippen molar-refractivity contribution in [1.82, 2.24) is 9.78 Å². The number of rotatable bonds is 4. The van der Waals surface area contributed by atoms with E-state index in [0.29, 0.717) is 31.0 Å². The minimum Gasteiger partial charge on any atom is -0.396 e. The number of aryl methyl sites for hydroxylation is 2. The first-order chi connectivity index (χ1) is 8.08. The molecule has 1 aliphatic heterocycles. The van der Waals surface area contributed by atoms with Crippen molar-refractivity contribution < 1.29 is 10.0 Å². The van der Waals surface area contributed by atoms with Gasteiger partial charge in [0.1, 0.15) is 5.69 Å². The molecule has 7 nitrogen and oxygen atoms in total. The number of hydrogen-bond acceptors (Lipinski definition) is 5. The van der Waals surface area contributed by atoms with Crippen LogP contribution in [0, 0.1) is 16.0 Å². The van der Waals surface area contributed by atoms with Crippen LogP contribution in [0.3, 0.4) is 0 Å². The standard InChI is InChI=1S/C10H16N4O3/c1-3-8-9(14(16)17)10(12(2)11-8)13-4-7(5-13)6-15/h7,15H,3-6H2,1-2H3. The van der Waals surface area contributed by atoms with Crippen LogP contribution in [-0.2, 0) is 13.5 Å². The fraction of sp³-hybridized carbons (Fsp3) is 0.700. The zero-order valence-corrected chi connectivity index (χ0v) is 9.96. The smallest absolute Gasteiger partial charge is 0.334 e. The van der Waals surface area contributed by atoms with E-state index in [9.17, 15) is 10.1 Å². The second-order valence-corrected chi connectivity index (χ2v) is 4.31. The van der Waals surface area contributed by atoms with Gasteiger partial charge in [-0.3, -0.25) is 10.1 Å². The lowest BCUT2D eigenvalue weighted by molar-refractivity contribution is -0.384. The van der Waals surface area contributed by atoms with E-state index in [1.807, 2.05) is 11.8 Å². The fourth-order valence-corrected chi connectivity index (χ4v) is 2.20. The summed E-state index contributed by atoms with van der Waals surface area (Å²) < 4.78 is 1.56. The third-order valence-electron chi connectivity index (χ3n) is 3.09. The van der Waals surface area contributed by atoms with E-state index in [0.717, 1.165) is 0 Å². The van der Waals surface area contributed by atoms with Gasteiger partial charge in [-0.1, -0.05) is 6.92 Å². The van der Waals surface area contributed by atoms with Crippen molar-refractivity contribution in [3.8, 4) is 0 Å². The highest BCUT2D eigenvalue weighted by molar-refractivity contribution is 5.62. The summed E-state index contributed by atoms with van der Waals surface area (Å²) in [7, 11) is 1.72. The molecule has 0 atom stereocenters. The lowest BCUT2D eigenvalue weighted by atomic mass is 10.0. The molecule has 7 heteroatoms. The van der Waals surface area contributed by atoms with Crippen molar-refractivity contribution in [2.75, 3.05) is 24.6 Å². The highest BCUT2D eigenvalue weighted by Crippen LogP contribution is 2.35. The molecule has 17 heavy (non-hydrogen) atoms. The molecular weight excluding hydrogens is 224 g/mol. The minimum atomic E-state index is -0.368. The molecule has 1 saturated heterocycles. The third kappa shape index (κ3) is 1.86. The zero-order chi connectivity index (χ0) is 12.6. The molecule has 1 aromatic rings. The molecule has 0 aliphatic carbocycles. The Balaban J connectivity index is 2.33. The molecule has 2 heterocycles. The summed E-state index contributed by atoms with van der Waals surface area (Å²) in [6, 6.07) is 0. The fourth-order valence-electron chi connectivity index (χ4n) is 2.20. The maximum atomic E-state index is 11.1. The molecule has 0 spiro atoms. The molecule has 0 radical (unpaired) electrons. The number of nitro groups is 1. The first kappa shape index (κ1) is 11.8. The number of nitrogens with zero attached hydrogens (tertiary/aromatic N) is 4.